The Hall–Kier alpha value is -3.84. The molecule has 1 unspecified atom stereocenters. The van der Waals surface area contributed by atoms with Gasteiger partial charge in [-0.3, -0.25) is 19.2 Å². The van der Waals surface area contributed by atoms with Crippen LogP contribution in [0.2, 0.25) is 0 Å². The van der Waals surface area contributed by atoms with Crippen LogP contribution in [0.1, 0.15) is 33.0 Å². The van der Waals surface area contributed by atoms with Gasteiger partial charge in [0.15, 0.2) is 0 Å². The fourth-order valence-electron chi connectivity index (χ4n) is 3.58. The molecule has 0 saturated carbocycles. The first-order valence-electron chi connectivity index (χ1n) is 10.2. The fourth-order valence-corrected chi connectivity index (χ4v) is 3.58. The summed E-state index contributed by atoms with van der Waals surface area (Å²) in [5, 5.41) is 3.43. The normalized spacial score (nSPS) is 15.4. The van der Waals surface area contributed by atoms with Gasteiger partial charge in [-0.15, -0.1) is 5.06 Å². The minimum absolute atomic E-state index is 0.0133. The first-order valence-corrected chi connectivity index (χ1v) is 10.2. The third-order valence-electron chi connectivity index (χ3n) is 5.23. The molecule has 0 aromatic heterocycles. The molecule has 1 N–H and O–H groups in total. The first kappa shape index (κ1) is 21.4. The van der Waals surface area contributed by atoms with Crippen LogP contribution in [0.4, 0.5) is 4.39 Å². The average Bonchev–Trinajstić information content (AvgIpc) is 2.81. The molecule has 1 heterocycles. The maximum Gasteiger partial charge on any atom is 0.285 e. The lowest BCUT2D eigenvalue weighted by Crippen LogP contribution is -2.49. The van der Waals surface area contributed by atoms with E-state index < -0.39 is 23.6 Å². The van der Waals surface area contributed by atoms with Crippen molar-refractivity contribution in [3.8, 4) is 0 Å². The van der Waals surface area contributed by atoms with E-state index >= 15 is 0 Å². The topological polar surface area (TPSA) is 75.7 Å². The molecule has 3 aromatic rings. The molecule has 32 heavy (non-hydrogen) atoms. The van der Waals surface area contributed by atoms with Gasteiger partial charge in [-0.1, -0.05) is 60.7 Å². The van der Waals surface area contributed by atoms with Crippen LogP contribution < -0.4 is 5.32 Å². The number of amides is 3. The molecule has 3 aromatic carbocycles. The van der Waals surface area contributed by atoms with Crippen molar-refractivity contribution in [2.24, 2.45) is 0 Å². The quantitative estimate of drug-likeness (QED) is 0.459. The molecular formula is C25H21FN2O4. The average molecular weight is 432 g/mol. The molecule has 0 spiro atoms. The van der Waals surface area contributed by atoms with Gasteiger partial charge >= 0.3 is 0 Å². The largest absolute Gasteiger partial charge is 0.355 e. The second kappa shape index (κ2) is 9.53. The van der Waals surface area contributed by atoms with Crippen LogP contribution in [0.3, 0.4) is 0 Å². The van der Waals surface area contributed by atoms with E-state index in [9.17, 15) is 18.8 Å². The molecule has 1 atom stereocenters. The third kappa shape index (κ3) is 4.58. The molecule has 1 aliphatic rings. The lowest BCUT2D eigenvalue weighted by atomic mass is 9.88. The summed E-state index contributed by atoms with van der Waals surface area (Å²) in [7, 11) is 0. The monoisotopic (exact) mass is 432 g/mol. The number of hydrogen-bond acceptors (Lipinski definition) is 4. The van der Waals surface area contributed by atoms with E-state index in [1.54, 1.807) is 36.4 Å². The van der Waals surface area contributed by atoms with Gasteiger partial charge in [-0.25, -0.2) is 4.39 Å². The smallest absolute Gasteiger partial charge is 0.285 e. The maximum atomic E-state index is 13.1. The number of nitrogens with one attached hydrogen (secondary N) is 1. The Morgan fingerprint density at radius 3 is 2.34 bits per heavy atom. The number of carbonyl (C=O) groups is 3. The van der Waals surface area contributed by atoms with E-state index in [1.165, 1.54) is 12.1 Å². The molecule has 0 saturated heterocycles. The predicted octanol–water partition coefficient (Wildman–Crippen LogP) is 3.38. The minimum Gasteiger partial charge on any atom is -0.355 e. The van der Waals surface area contributed by atoms with Crippen molar-refractivity contribution >= 4 is 17.7 Å². The number of benzene rings is 3. The maximum absolute atomic E-state index is 13.1. The molecule has 7 heteroatoms. The Morgan fingerprint density at radius 2 is 1.59 bits per heavy atom. The van der Waals surface area contributed by atoms with E-state index in [0.29, 0.717) is 17.0 Å². The molecule has 1 aliphatic heterocycles. The highest BCUT2D eigenvalue weighted by Gasteiger charge is 2.43. The summed E-state index contributed by atoms with van der Waals surface area (Å²) in [4.78, 5) is 44.5. The van der Waals surface area contributed by atoms with Gasteiger partial charge in [-0.05, 0) is 41.3 Å². The number of rotatable bonds is 7. The summed E-state index contributed by atoms with van der Waals surface area (Å²) in [6.45, 7) is 0.272. The highest BCUT2D eigenvalue weighted by atomic mass is 19.1. The van der Waals surface area contributed by atoms with E-state index in [-0.39, 0.29) is 24.5 Å². The zero-order valence-corrected chi connectivity index (χ0v) is 17.2. The second-order valence-electron chi connectivity index (χ2n) is 7.38. The number of nitrogens with zero attached hydrogens (tertiary/aromatic N) is 1. The van der Waals surface area contributed by atoms with Crippen LogP contribution in [0, 0.1) is 5.82 Å². The van der Waals surface area contributed by atoms with Gasteiger partial charge in [0.1, 0.15) is 18.3 Å². The zero-order valence-electron chi connectivity index (χ0n) is 17.2. The lowest BCUT2D eigenvalue weighted by molar-refractivity contribution is -0.177. The Kier molecular flexibility index (Phi) is 6.37. The number of imide groups is 1. The summed E-state index contributed by atoms with van der Waals surface area (Å²) >= 11 is 0. The number of hydrogen-bond donors (Lipinski definition) is 1. The van der Waals surface area contributed by atoms with Crippen molar-refractivity contribution in [2.75, 3.05) is 6.54 Å². The van der Waals surface area contributed by atoms with E-state index in [4.69, 9.17) is 4.84 Å². The van der Waals surface area contributed by atoms with E-state index in [0.717, 1.165) is 11.1 Å². The van der Waals surface area contributed by atoms with Crippen LogP contribution in [0.15, 0.2) is 78.9 Å². The van der Waals surface area contributed by atoms with E-state index in [2.05, 4.69) is 5.32 Å². The van der Waals surface area contributed by atoms with Crippen LogP contribution in [0.5, 0.6) is 0 Å². The molecule has 6 nitrogen and oxygen atoms in total. The molecule has 0 aliphatic carbocycles. The van der Waals surface area contributed by atoms with Crippen molar-refractivity contribution in [1.82, 2.24) is 10.4 Å². The SMILES string of the molecule is O=C(NCCc1ccc(F)cc1)C1C(=O)N(OCc2ccccc2)C(=O)c2ccccc21. The highest BCUT2D eigenvalue weighted by Crippen LogP contribution is 2.30. The van der Waals surface area contributed by atoms with Crippen molar-refractivity contribution in [1.29, 1.82) is 0 Å². The number of hydroxylamine groups is 2. The molecular weight excluding hydrogens is 411 g/mol. The zero-order chi connectivity index (χ0) is 22.5. The van der Waals surface area contributed by atoms with Crippen molar-refractivity contribution < 1.29 is 23.6 Å². The van der Waals surface area contributed by atoms with Gasteiger partial charge in [0.25, 0.3) is 11.8 Å². The first-order chi connectivity index (χ1) is 15.5. The summed E-state index contributed by atoms with van der Waals surface area (Å²) < 4.78 is 13.1. The predicted molar refractivity (Wildman–Crippen MR) is 115 cm³/mol. The van der Waals surface area contributed by atoms with Gasteiger partial charge < -0.3 is 5.32 Å². The van der Waals surface area contributed by atoms with Crippen LogP contribution in [-0.2, 0) is 27.5 Å². The van der Waals surface area contributed by atoms with E-state index in [1.807, 2.05) is 30.3 Å². The summed E-state index contributed by atoms with van der Waals surface area (Å²) in [5.41, 5.74) is 2.23. The van der Waals surface area contributed by atoms with Crippen LogP contribution in [-0.4, -0.2) is 29.3 Å². The Labute approximate surface area is 184 Å². The lowest BCUT2D eigenvalue weighted by Gasteiger charge is -2.30. The summed E-state index contributed by atoms with van der Waals surface area (Å²) in [5.74, 6) is -3.39. The van der Waals surface area contributed by atoms with Gasteiger partial charge in [0.05, 0.1) is 0 Å². The summed E-state index contributed by atoms with van der Waals surface area (Å²) in [6, 6.07) is 21.6. The highest BCUT2D eigenvalue weighted by molar-refractivity contribution is 6.18. The second-order valence-corrected chi connectivity index (χ2v) is 7.38. The van der Waals surface area contributed by atoms with Gasteiger partial charge in [-0.2, -0.15) is 0 Å². The minimum atomic E-state index is -1.20. The van der Waals surface area contributed by atoms with Crippen molar-refractivity contribution in [2.45, 2.75) is 18.9 Å². The van der Waals surface area contributed by atoms with Crippen LogP contribution in [0.25, 0.3) is 0 Å². The Balaban J connectivity index is 1.49. The van der Waals surface area contributed by atoms with Crippen LogP contribution >= 0.6 is 0 Å². The molecule has 0 radical (unpaired) electrons. The molecule has 0 fully saturated rings. The van der Waals surface area contributed by atoms with Crippen molar-refractivity contribution in [3.05, 3.63) is 107 Å². The number of carbonyl (C=O) groups excluding carboxylic acids is 3. The van der Waals surface area contributed by atoms with Crippen molar-refractivity contribution in [3.63, 3.8) is 0 Å². The Morgan fingerprint density at radius 1 is 0.906 bits per heavy atom. The standard InChI is InChI=1S/C25H21FN2O4/c26-19-12-10-17(11-13-19)14-15-27-23(29)22-20-8-4-5-9-21(20)24(30)28(25(22)31)32-16-18-6-2-1-3-7-18/h1-13,22H,14-16H2,(H,27,29). The number of halogens is 1. The fraction of sp³-hybridized carbons (Fsp3) is 0.160. The molecule has 4 rings (SSSR count). The van der Waals surface area contributed by atoms with Gasteiger partial charge in [0.2, 0.25) is 5.91 Å². The summed E-state index contributed by atoms with van der Waals surface area (Å²) in [6.07, 6.45) is 0.474. The third-order valence-corrected chi connectivity index (χ3v) is 5.23. The molecule has 3 amide bonds. The Bertz CT molecular complexity index is 1130. The van der Waals surface area contributed by atoms with Gasteiger partial charge in [0, 0.05) is 12.1 Å². The molecule has 0 bridgehead atoms. The molecule has 162 valence electrons. The number of fused-ring (bicyclic) bond motifs is 1.